The summed E-state index contributed by atoms with van der Waals surface area (Å²) in [6, 6.07) is 3.53. The zero-order valence-electron chi connectivity index (χ0n) is 9.39. The summed E-state index contributed by atoms with van der Waals surface area (Å²) in [6.07, 6.45) is 0.774. The van der Waals surface area contributed by atoms with E-state index in [1.165, 1.54) is 12.1 Å². The normalized spacial score (nSPS) is 11.6. The van der Waals surface area contributed by atoms with E-state index in [4.69, 9.17) is 5.73 Å². The number of hydrogen-bond acceptors (Lipinski definition) is 2. The Kier molecular flexibility index (Phi) is 3.75. The number of Topliss-reactive ketones (excluding diaryl/α,β-unsaturated/α-hetero) is 1. The second-order valence-electron chi connectivity index (χ2n) is 3.79. The van der Waals surface area contributed by atoms with E-state index in [0.717, 1.165) is 6.07 Å². The quantitative estimate of drug-likeness (QED) is 0.803. The molecule has 0 fully saturated rings. The Hall–Kier alpha value is -1.29. The van der Waals surface area contributed by atoms with Gasteiger partial charge in [-0.05, 0) is 25.0 Å². The van der Waals surface area contributed by atoms with Crippen molar-refractivity contribution in [3.63, 3.8) is 0 Å². The van der Waals surface area contributed by atoms with Crippen LogP contribution in [0.15, 0.2) is 18.2 Å². The molecule has 88 valence electrons. The van der Waals surface area contributed by atoms with Gasteiger partial charge in [-0.15, -0.1) is 0 Å². The van der Waals surface area contributed by atoms with Crippen LogP contribution in [0.5, 0.6) is 0 Å². The molecule has 1 aromatic carbocycles. The van der Waals surface area contributed by atoms with E-state index in [-0.39, 0.29) is 5.56 Å². The molecule has 0 spiro atoms. The molecule has 2 N–H and O–H groups in total. The molecule has 0 saturated carbocycles. The van der Waals surface area contributed by atoms with Gasteiger partial charge in [0.2, 0.25) is 0 Å². The SMILES string of the molecule is CCC(N)(CC)C(=O)c1cccc(F)c1F. The average Bonchev–Trinajstić information content (AvgIpc) is 2.31. The number of halogens is 2. The maximum absolute atomic E-state index is 13.4. The molecule has 0 bridgehead atoms. The number of carbonyl (C=O) groups excluding carboxylic acids is 1. The van der Waals surface area contributed by atoms with Gasteiger partial charge < -0.3 is 5.73 Å². The third-order valence-electron chi connectivity index (χ3n) is 2.91. The third-order valence-corrected chi connectivity index (χ3v) is 2.91. The number of ketones is 1. The minimum absolute atomic E-state index is 0.272. The number of benzene rings is 1. The van der Waals surface area contributed by atoms with Crippen molar-refractivity contribution in [1.29, 1.82) is 0 Å². The molecular formula is C12H15F2NO. The highest BCUT2D eigenvalue weighted by Crippen LogP contribution is 2.21. The number of hydrogen-bond donors (Lipinski definition) is 1. The van der Waals surface area contributed by atoms with Gasteiger partial charge in [-0.1, -0.05) is 19.9 Å². The van der Waals surface area contributed by atoms with Crippen molar-refractivity contribution in [3.05, 3.63) is 35.4 Å². The van der Waals surface area contributed by atoms with Crippen molar-refractivity contribution in [1.82, 2.24) is 0 Å². The fraction of sp³-hybridized carbons (Fsp3) is 0.417. The monoisotopic (exact) mass is 227 g/mol. The molecule has 0 aliphatic rings. The highest BCUT2D eigenvalue weighted by Gasteiger charge is 2.33. The van der Waals surface area contributed by atoms with Gasteiger partial charge in [0, 0.05) is 0 Å². The van der Waals surface area contributed by atoms with Gasteiger partial charge in [0.15, 0.2) is 17.4 Å². The summed E-state index contributed by atoms with van der Waals surface area (Å²) in [5, 5.41) is 0. The largest absolute Gasteiger partial charge is 0.319 e. The Labute approximate surface area is 93.5 Å². The summed E-state index contributed by atoms with van der Waals surface area (Å²) in [5.41, 5.74) is 4.46. The van der Waals surface area contributed by atoms with Crippen LogP contribution in [0.25, 0.3) is 0 Å². The lowest BCUT2D eigenvalue weighted by Crippen LogP contribution is -2.47. The zero-order valence-corrected chi connectivity index (χ0v) is 9.39. The van der Waals surface area contributed by atoms with E-state index in [9.17, 15) is 13.6 Å². The van der Waals surface area contributed by atoms with Crippen LogP contribution in [-0.2, 0) is 0 Å². The molecule has 0 aromatic heterocycles. The highest BCUT2D eigenvalue weighted by atomic mass is 19.2. The van der Waals surface area contributed by atoms with E-state index >= 15 is 0 Å². The molecule has 16 heavy (non-hydrogen) atoms. The van der Waals surface area contributed by atoms with Gasteiger partial charge in [-0.2, -0.15) is 0 Å². The van der Waals surface area contributed by atoms with Gasteiger partial charge in [0.1, 0.15) is 0 Å². The fourth-order valence-electron chi connectivity index (χ4n) is 1.52. The smallest absolute Gasteiger partial charge is 0.185 e. The second kappa shape index (κ2) is 4.70. The lowest BCUT2D eigenvalue weighted by Gasteiger charge is -2.25. The fourth-order valence-corrected chi connectivity index (χ4v) is 1.52. The summed E-state index contributed by atoms with van der Waals surface area (Å²) < 4.78 is 26.4. The first-order chi connectivity index (χ1) is 7.46. The number of carbonyl (C=O) groups is 1. The predicted molar refractivity (Wildman–Crippen MR) is 58.2 cm³/mol. The lowest BCUT2D eigenvalue weighted by molar-refractivity contribution is 0.0874. The minimum Gasteiger partial charge on any atom is -0.319 e. The van der Waals surface area contributed by atoms with Crippen molar-refractivity contribution < 1.29 is 13.6 Å². The Balaban J connectivity index is 3.19. The van der Waals surface area contributed by atoms with Gasteiger partial charge in [-0.25, -0.2) is 8.78 Å². The molecule has 0 heterocycles. The Morgan fingerprint density at radius 2 is 1.88 bits per heavy atom. The summed E-state index contributed by atoms with van der Waals surface area (Å²) in [5.74, 6) is -2.70. The first kappa shape index (κ1) is 12.8. The Bertz CT molecular complexity index is 400. The molecular weight excluding hydrogens is 212 g/mol. The average molecular weight is 227 g/mol. The maximum atomic E-state index is 13.4. The summed E-state index contributed by atoms with van der Waals surface area (Å²) in [7, 11) is 0. The molecule has 0 atom stereocenters. The van der Waals surface area contributed by atoms with Crippen LogP contribution in [-0.4, -0.2) is 11.3 Å². The molecule has 0 aliphatic carbocycles. The number of rotatable bonds is 4. The Morgan fingerprint density at radius 1 is 1.31 bits per heavy atom. The first-order valence-electron chi connectivity index (χ1n) is 5.24. The number of nitrogens with two attached hydrogens (primary N) is 1. The van der Waals surface area contributed by atoms with Gasteiger partial charge >= 0.3 is 0 Å². The summed E-state index contributed by atoms with van der Waals surface area (Å²) >= 11 is 0. The molecule has 0 unspecified atom stereocenters. The maximum Gasteiger partial charge on any atom is 0.185 e. The molecule has 0 saturated heterocycles. The van der Waals surface area contributed by atoms with Crippen LogP contribution in [0, 0.1) is 11.6 Å². The van der Waals surface area contributed by atoms with E-state index in [2.05, 4.69) is 0 Å². The third kappa shape index (κ3) is 2.11. The van der Waals surface area contributed by atoms with Crippen molar-refractivity contribution in [2.45, 2.75) is 32.2 Å². The molecule has 4 heteroatoms. The molecule has 0 aliphatic heterocycles. The van der Waals surface area contributed by atoms with Crippen molar-refractivity contribution >= 4 is 5.78 Å². The second-order valence-corrected chi connectivity index (χ2v) is 3.79. The van der Waals surface area contributed by atoms with E-state index < -0.39 is 23.0 Å². The van der Waals surface area contributed by atoms with Crippen molar-refractivity contribution in [2.75, 3.05) is 0 Å². The van der Waals surface area contributed by atoms with Gasteiger partial charge in [0.05, 0.1) is 11.1 Å². The van der Waals surface area contributed by atoms with Crippen LogP contribution in [0.3, 0.4) is 0 Å². The van der Waals surface area contributed by atoms with E-state index in [1.807, 2.05) is 0 Å². The summed E-state index contributed by atoms with van der Waals surface area (Å²) in [4.78, 5) is 12.0. The predicted octanol–water partition coefficient (Wildman–Crippen LogP) is 2.67. The zero-order chi connectivity index (χ0) is 12.3. The van der Waals surface area contributed by atoms with Crippen LogP contribution in [0.2, 0.25) is 0 Å². The topological polar surface area (TPSA) is 43.1 Å². The molecule has 2 nitrogen and oxygen atoms in total. The van der Waals surface area contributed by atoms with Crippen molar-refractivity contribution in [2.24, 2.45) is 5.73 Å². The molecule has 0 amide bonds. The molecule has 1 rings (SSSR count). The van der Waals surface area contributed by atoms with Crippen LogP contribution >= 0.6 is 0 Å². The Morgan fingerprint density at radius 3 is 2.38 bits per heavy atom. The first-order valence-corrected chi connectivity index (χ1v) is 5.24. The van der Waals surface area contributed by atoms with E-state index in [0.29, 0.717) is 12.8 Å². The molecule has 0 radical (unpaired) electrons. The van der Waals surface area contributed by atoms with Crippen LogP contribution in [0.1, 0.15) is 37.0 Å². The van der Waals surface area contributed by atoms with E-state index in [1.54, 1.807) is 13.8 Å². The highest BCUT2D eigenvalue weighted by molar-refractivity contribution is 6.03. The van der Waals surface area contributed by atoms with Gasteiger partial charge in [-0.3, -0.25) is 4.79 Å². The minimum atomic E-state index is -1.12. The molecule has 1 aromatic rings. The lowest BCUT2D eigenvalue weighted by atomic mass is 9.85. The standard InChI is InChI=1S/C12H15F2NO/c1-3-12(15,4-2)11(16)8-6-5-7-9(13)10(8)14/h5-7H,3-4,15H2,1-2H3. The van der Waals surface area contributed by atoms with Crippen molar-refractivity contribution in [3.8, 4) is 0 Å². The van der Waals surface area contributed by atoms with Crippen LogP contribution in [0.4, 0.5) is 8.78 Å². The van der Waals surface area contributed by atoms with Crippen LogP contribution < -0.4 is 5.73 Å². The summed E-state index contributed by atoms with van der Waals surface area (Å²) in [6.45, 7) is 3.50. The van der Waals surface area contributed by atoms with Gasteiger partial charge in [0.25, 0.3) is 0 Å².